The van der Waals surface area contributed by atoms with E-state index in [2.05, 4.69) is 19.2 Å². The summed E-state index contributed by atoms with van der Waals surface area (Å²) in [7, 11) is 0. The van der Waals surface area contributed by atoms with Crippen molar-refractivity contribution in [1.82, 2.24) is 10.2 Å². The van der Waals surface area contributed by atoms with Crippen LogP contribution in [0.15, 0.2) is 30.3 Å². The predicted octanol–water partition coefficient (Wildman–Crippen LogP) is 8.95. The Labute approximate surface area is 310 Å². The molecule has 9 heteroatoms. The molecule has 0 bridgehead atoms. The number of rotatable bonds is 30. The third kappa shape index (κ3) is 19.4. The quantitative estimate of drug-likeness (QED) is 0.0585. The van der Waals surface area contributed by atoms with Crippen molar-refractivity contribution in [3.05, 3.63) is 35.9 Å². The molecule has 0 spiro atoms. The van der Waals surface area contributed by atoms with Gasteiger partial charge in [0.15, 0.2) is 6.23 Å². The van der Waals surface area contributed by atoms with Crippen molar-refractivity contribution in [2.24, 2.45) is 0 Å². The molecule has 9 nitrogen and oxygen atoms in total. The SMILES string of the molecule is CCCCCCCCCCCCCCN(C(=O)CCCCCCCCCCCCC)[C@@H]1O[C@H](CO)[C@@H](O)[C@H](O)[C@H]1NC(=O)OCc1ccccc1. The monoisotopic (exact) mass is 719 g/mol. The van der Waals surface area contributed by atoms with Gasteiger partial charge in [0.05, 0.1) is 6.61 Å². The van der Waals surface area contributed by atoms with E-state index < -0.39 is 43.3 Å². The molecule has 294 valence electrons. The van der Waals surface area contributed by atoms with Gasteiger partial charge < -0.3 is 35.0 Å². The molecule has 1 aromatic rings. The Morgan fingerprint density at radius 2 is 1.16 bits per heavy atom. The molecule has 1 aliphatic heterocycles. The molecule has 1 fully saturated rings. The minimum atomic E-state index is -1.47. The van der Waals surface area contributed by atoms with Crippen molar-refractivity contribution >= 4 is 12.0 Å². The summed E-state index contributed by atoms with van der Waals surface area (Å²) in [6.07, 6.45) is 21.9. The van der Waals surface area contributed by atoms with Gasteiger partial charge in [0, 0.05) is 13.0 Å². The molecule has 4 N–H and O–H groups in total. The highest BCUT2D eigenvalue weighted by atomic mass is 16.6. The van der Waals surface area contributed by atoms with E-state index >= 15 is 0 Å². The van der Waals surface area contributed by atoms with Gasteiger partial charge in [-0.05, 0) is 18.4 Å². The average Bonchev–Trinajstić information content (AvgIpc) is 3.14. The molecule has 0 unspecified atom stereocenters. The zero-order valence-electron chi connectivity index (χ0n) is 32.3. The minimum Gasteiger partial charge on any atom is -0.445 e. The standard InChI is InChI=1S/C42H74N2O7/c1-3-5-7-9-11-13-15-17-19-21-23-28-32-44(37(46)31-27-22-20-18-16-14-12-10-8-6-4-2)41-38(40(48)39(47)36(33-45)51-41)43-42(49)50-34-35-29-25-24-26-30-35/h24-26,29-30,36,38-41,45,47-48H,3-23,27-28,31-34H2,1-2H3,(H,43,49)/t36-,38-,39-,40-,41-/m1/s1. The number of amides is 2. The van der Waals surface area contributed by atoms with Crippen LogP contribution in [0.25, 0.3) is 0 Å². The van der Waals surface area contributed by atoms with E-state index in [1.807, 2.05) is 30.3 Å². The van der Waals surface area contributed by atoms with Crippen LogP contribution >= 0.6 is 0 Å². The molecule has 2 rings (SSSR count). The van der Waals surface area contributed by atoms with Crippen molar-refractivity contribution in [2.45, 2.75) is 205 Å². The molecule has 1 aliphatic rings. The highest BCUT2D eigenvalue weighted by Crippen LogP contribution is 2.26. The van der Waals surface area contributed by atoms with Crippen LogP contribution in [0, 0.1) is 0 Å². The lowest BCUT2D eigenvalue weighted by Crippen LogP contribution is -2.68. The Bertz CT molecular complexity index is 997. The normalized spacial score (nSPS) is 20.3. The van der Waals surface area contributed by atoms with Crippen molar-refractivity contribution in [3.8, 4) is 0 Å². The van der Waals surface area contributed by atoms with Crippen LogP contribution in [0.5, 0.6) is 0 Å². The summed E-state index contributed by atoms with van der Waals surface area (Å²) < 4.78 is 11.5. The molecule has 1 saturated heterocycles. The number of aliphatic hydroxyl groups is 3. The number of nitrogens with one attached hydrogen (secondary N) is 1. The Morgan fingerprint density at radius 1 is 0.686 bits per heavy atom. The highest BCUT2D eigenvalue weighted by molar-refractivity contribution is 5.76. The highest BCUT2D eigenvalue weighted by Gasteiger charge is 2.48. The number of carbonyl (C=O) groups is 2. The first-order valence-electron chi connectivity index (χ1n) is 20.8. The predicted molar refractivity (Wildman–Crippen MR) is 205 cm³/mol. The summed E-state index contributed by atoms with van der Waals surface area (Å²) in [4.78, 5) is 28.4. The molecule has 0 aromatic heterocycles. The van der Waals surface area contributed by atoms with Gasteiger partial charge in [0.1, 0.15) is 31.0 Å². The Balaban J connectivity index is 1.96. The van der Waals surface area contributed by atoms with Crippen molar-refractivity contribution in [3.63, 3.8) is 0 Å². The van der Waals surface area contributed by atoms with Crippen molar-refractivity contribution in [2.75, 3.05) is 13.2 Å². The van der Waals surface area contributed by atoms with E-state index in [9.17, 15) is 24.9 Å². The summed E-state index contributed by atoms with van der Waals surface area (Å²) in [5.74, 6) is -0.108. The van der Waals surface area contributed by atoms with Gasteiger partial charge in [-0.3, -0.25) is 4.79 Å². The van der Waals surface area contributed by atoms with Gasteiger partial charge in [-0.25, -0.2) is 4.79 Å². The molecule has 2 amide bonds. The summed E-state index contributed by atoms with van der Waals surface area (Å²) in [6.45, 7) is 4.39. The molecule has 51 heavy (non-hydrogen) atoms. The smallest absolute Gasteiger partial charge is 0.407 e. The maximum absolute atomic E-state index is 13.9. The van der Waals surface area contributed by atoms with E-state index in [-0.39, 0.29) is 12.5 Å². The topological polar surface area (TPSA) is 129 Å². The number of aliphatic hydroxyl groups excluding tert-OH is 3. The average molecular weight is 719 g/mol. The first-order chi connectivity index (χ1) is 24.9. The van der Waals surface area contributed by atoms with Crippen LogP contribution in [-0.2, 0) is 20.9 Å². The zero-order valence-corrected chi connectivity index (χ0v) is 32.3. The first-order valence-corrected chi connectivity index (χ1v) is 20.8. The van der Waals surface area contributed by atoms with Crippen LogP contribution < -0.4 is 5.32 Å². The lowest BCUT2D eigenvalue weighted by Gasteiger charge is -2.46. The molecule has 0 saturated carbocycles. The minimum absolute atomic E-state index is 0.0309. The lowest BCUT2D eigenvalue weighted by molar-refractivity contribution is -0.230. The van der Waals surface area contributed by atoms with Gasteiger partial charge in [-0.2, -0.15) is 0 Å². The summed E-state index contributed by atoms with van der Waals surface area (Å²) in [6, 6.07) is 8.13. The molecule has 0 aliphatic carbocycles. The Hall–Kier alpha value is -2.20. The summed E-state index contributed by atoms with van der Waals surface area (Å²) >= 11 is 0. The van der Waals surface area contributed by atoms with E-state index in [1.165, 1.54) is 103 Å². The third-order valence-corrected chi connectivity index (χ3v) is 10.3. The number of benzene rings is 1. The number of carbonyl (C=O) groups excluding carboxylic acids is 2. The maximum Gasteiger partial charge on any atom is 0.407 e. The second-order valence-electron chi connectivity index (χ2n) is 14.7. The van der Waals surface area contributed by atoms with Gasteiger partial charge in [-0.1, -0.05) is 179 Å². The molecule has 1 aromatic carbocycles. The third-order valence-electron chi connectivity index (χ3n) is 10.3. The molecular formula is C42H74N2O7. The molecular weight excluding hydrogens is 644 g/mol. The van der Waals surface area contributed by atoms with E-state index in [4.69, 9.17) is 9.47 Å². The van der Waals surface area contributed by atoms with Gasteiger partial charge in [0.2, 0.25) is 5.91 Å². The molecule has 0 radical (unpaired) electrons. The van der Waals surface area contributed by atoms with E-state index in [0.717, 1.165) is 50.5 Å². The molecule has 1 heterocycles. The van der Waals surface area contributed by atoms with Crippen LogP contribution in [0.3, 0.4) is 0 Å². The Kier molecular flexibility index (Phi) is 25.8. The van der Waals surface area contributed by atoms with Crippen LogP contribution in [-0.4, -0.2) is 76.0 Å². The number of unbranched alkanes of at least 4 members (excludes halogenated alkanes) is 21. The number of nitrogens with zero attached hydrogens (tertiary/aromatic N) is 1. The fraction of sp³-hybridized carbons (Fsp3) is 0.810. The van der Waals surface area contributed by atoms with Crippen LogP contribution in [0.4, 0.5) is 4.79 Å². The second-order valence-corrected chi connectivity index (χ2v) is 14.7. The largest absolute Gasteiger partial charge is 0.445 e. The van der Waals surface area contributed by atoms with Crippen molar-refractivity contribution in [1.29, 1.82) is 0 Å². The summed E-state index contributed by atoms with van der Waals surface area (Å²) in [5, 5.41) is 34.6. The van der Waals surface area contributed by atoms with Gasteiger partial charge >= 0.3 is 6.09 Å². The maximum atomic E-state index is 13.9. The van der Waals surface area contributed by atoms with Gasteiger partial charge in [0.25, 0.3) is 0 Å². The first kappa shape index (κ1) is 45.0. The summed E-state index contributed by atoms with van der Waals surface area (Å²) in [5.41, 5.74) is 0.806. The fourth-order valence-corrected chi connectivity index (χ4v) is 7.02. The lowest BCUT2D eigenvalue weighted by atomic mass is 9.95. The molecule has 5 atom stereocenters. The van der Waals surface area contributed by atoms with E-state index in [1.54, 1.807) is 4.90 Å². The fourth-order valence-electron chi connectivity index (χ4n) is 7.02. The number of alkyl carbamates (subject to hydrolysis) is 1. The van der Waals surface area contributed by atoms with Crippen LogP contribution in [0.2, 0.25) is 0 Å². The second kappa shape index (κ2) is 29.3. The zero-order chi connectivity index (χ0) is 36.9. The number of ether oxygens (including phenoxy) is 2. The van der Waals surface area contributed by atoms with Gasteiger partial charge in [-0.15, -0.1) is 0 Å². The van der Waals surface area contributed by atoms with Crippen molar-refractivity contribution < 1.29 is 34.4 Å². The number of hydrogen-bond acceptors (Lipinski definition) is 7. The Morgan fingerprint density at radius 3 is 1.65 bits per heavy atom. The van der Waals surface area contributed by atoms with E-state index in [0.29, 0.717) is 13.0 Å². The number of hydrogen-bond donors (Lipinski definition) is 4. The van der Waals surface area contributed by atoms with Crippen LogP contribution in [0.1, 0.15) is 174 Å².